The van der Waals surface area contributed by atoms with Gasteiger partial charge in [-0.2, -0.15) is 5.10 Å². The monoisotopic (exact) mass is 548 g/mol. The number of amides is 2. The van der Waals surface area contributed by atoms with E-state index >= 15 is 0 Å². The minimum absolute atomic E-state index is 0.100. The van der Waals surface area contributed by atoms with Crippen LogP contribution in [-0.2, 0) is 16.9 Å². The molecule has 1 saturated heterocycles. The third-order valence-corrected chi connectivity index (χ3v) is 7.46. The molecule has 1 aromatic carbocycles. The highest BCUT2D eigenvalue weighted by Crippen LogP contribution is 2.41. The average Bonchev–Trinajstić information content (AvgIpc) is 3.50. The van der Waals surface area contributed by atoms with E-state index in [9.17, 15) is 9.18 Å². The standard InChI is InChI=1S/C25H27Cl2FN6O3/c1-3-30-24(35)33-7-6-25(13-33)20-11-18(32-34(20)8-9-36-25)15-10-19(23(29)31-12-15)37-14(2)21-16(26)4-5-17(28)22(21)27/h4-5,10-12,14H,3,6-9,13H2,1-2H3,(H2,29,31)(H,30,35)/t14?,25-/m1/s1. The molecule has 37 heavy (non-hydrogen) atoms. The lowest BCUT2D eigenvalue weighted by molar-refractivity contribution is -0.0701. The molecule has 1 spiro atoms. The quantitative estimate of drug-likeness (QED) is 0.444. The molecular weight excluding hydrogens is 522 g/mol. The van der Waals surface area contributed by atoms with Crippen LogP contribution >= 0.6 is 23.2 Å². The molecule has 1 unspecified atom stereocenters. The largest absolute Gasteiger partial charge is 0.482 e. The van der Waals surface area contributed by atoms with Crippen LogP contribution in [0.4, 0.5) is 15.0 Å². The number of benzene rings is 1. The summed E-state index contributed by atoms with van der Waals surface area (Å²) in [5.74, 6) is -0.133. The number of ether oxygens (including phenoxy) is 2. The molecular formula is C25H27Cl2FN6O3. The van der Waals surface area contributed by atoms with Crippen LogP contribution < -0.4 is 15.8 Å². The number of pyridine rings is 1. The molecule has 5 rings (SSSR count). The Labute approximate surface area is 223 Å². The van der Waals surface area contributed by atoms with Crippen molar-refractivity contribution in [2.45, 2.75) is 38.5 Å². The number of aromatic nitrogens is 3. The van der Waals surface area contributed by atoms with E-state index in [0.29, 0.717) is 61.8 Å². The second-order valence-electron chi connectivity index (χ2n) is 9.11. The summed E-state index contributed by atoms with van der Waals surface area (Å²) in [5.41, 5.74) is 8.06. The van der Waals surface area contributed by atoms with Crippen LogP contribution in [0.1, 0.15) is 37.6 Å². The van der Waals surface area contributed by atoms with Crippen LogP contribution in [0.15, 0.2) is 30.5 Å². The molecule has 2 atom stereocenters. The Kier molecular flexibility index (Phi) is 6.91. The summed E-state index contributed by atoms with van der Waals surface area (Å²) < 4.78 is 28.2. The van der Waals surface area contributed by atoms with E-state index in [1.807, 2.05) is 17.7 Å². The zero-order chi connectivity index (χ0) is 26.3. The van der Waals surface area contributed by atoms with Crippen molar-refractivity contribution in [1.82, 2.24) is 25.0 Å². The predicted octanol–water partition coefficient (Wildman–Crippen LogP) is 4.77. The molecule has 2 aliphatic rings. The van der Waals surface area contributed by atoms with E-state index in [1.54, 1.807) is 24.1 Å². The van der Waals surface area contributed by atoms with Crippen molar-refractivity contribution in [1.29, 1.82) is 0 Å². The second kappa shape index (κ2) is 10.00. The van der Waals surface area contributed by atoms with Gasteiger partial charge in [0.15, 0.2) is 11.6 Å². The Balaban J connectivity index is 1.43. The zero-order valence-corrected chi connectivity index (χ0v) is 21.9. The highest BCUT2D eigenvalue weighted by molar-refractivity contribution is 6.36. The van der Waals surface area contributed by atoms with E-state index < -0.39 is 17.5 Å². The molecule has 2 aliphatic heterocycles. The molecule has 3 N–H and O–H groups in total. The number of nitrogens with two attached hydrogens (primary N) is 1. The highest BCUT2D eigenvalue weighted by atomic mass is 35.5. The van der Waals surface area contributed by atoms with Crippen molar-refractivity contribution in [3.8, 4) is 17.0 Å². The van der Waals surface area contributed by atoms with Crippen LogP contribution in [0.3, 0.4) is 0 Å². The number of nitrogens with zero attached hydrogens (tertiary/aromatic N) is 4. The minimum atomic E-state index is -0.694. The molecule has 3 aromatic rings. The first-order valence-corrected chi connectivity index (χ1v) is 12.8. The summed E-state index contributed by atoms with van der Waals surface area (Å²) in [4.78, 5) is 18.5. The van der Waals surface area contributed by atoms with Gasteiger partial charge in [-0.1, -0.05) is 23.2 Å². The van der Waals surface area contributed by atoms with Gasteiger partial charge in [0.25, 0.3) is 0 Å². The summed E-state index contributed by atoms with van der Waals surface area (Å²) in [6.45, 7) is 6.30. The Hall–Kier alpha value is -3.08. The number of hydrogen-bond acceptors (Lipinski definition) is 6. The third-order valence-electron chi connectivity index (χ3n) is 6.74. The molecule has 0 bridgehead atoms. The Morgan fingerprint density at radius 1 is 1.35 bits per heavy atom. The van der Waals surface area contributed by atoms with E-state index in [-0.39, 0.29) is 21.9 Å². The van der Waals surface area contributed by atoms with Gasteiger partial charge in [0.2, 0.25) is 0 Å². The fourth-order valence-electron chi connectivity index (χ4n) is 4.90. The molecule has 4 heterocycles. The molecule has 1 fully saturated rings. The lowest BCUT2D eigenvalue weighted by Crippen LogP contribution is -2.44. The molecule has 0 aliphatic carbocycles. The molecule has 0 radical (unpaired) electrons. The topological polar surface area (TPSA) is 108 Å². The lowest BCUT2D eigenvalue weighted by atomic mass is 9.96. The lowest BCUT2D eigenvalue weighted by Gasteiger charge is -2.34. The van der Waals surface area contributed by atoms with Crippen molar-refractivity contribution < 1.29 is 18.7 Å². The molecule has 9 nitrogen and oxygen atoms in total. The molecule has 12 heteroatoms. The number of nitrogens with one attached hydrogen (secondary N) is 1. The van der Waals surface area contributed by atoms with Gasteiger partial charge in [0.1, 0.15) is 17.5 Å². The van der Waals surface area contributed by atoms with E-state index in [0.717, 1.165) is 5.69 Å². The van der Waals surface area contributed by atoms with Crippen LogP contribution in [0.5, 0.6) is 5.75 Å². The highest BCUT2D eigenvalue weighted by Gasteiger charge is 2.46. The summed E-state index contributed by atoms with van der Waals surface area (Å²) in [6.07, 6.45) is 1.60. The number of rotatable bonds is 5. The number of likely N-dealkylation sites (tertiary alicyclic amines) is 1. The Morgan fingerprint density at radius 3 is 2.95 bits per heavy atom. The summed E-state index contributed by atoms with van der Waals surface area (Å²) in [6, 6.07) is 6.23. The van der Waals surface area contributed by atoms with Crippen LogP contribution in [0.25, 0.3) is 11.3 Å². The van der Waals surface area contributed by atoms with Gasteiger partial charge in [0.05, 0.1) is 36.1 Å². The van der Waals surface area contributed by atoms with Crippen molar-refractivity contribution in [3.63, 3.8) is 0 Å². The van der Waals surface area contributed by atoms with Gasteiger partial charge in [-0.15, -0.1) is 0 Å². The first-order valence-electron chi connectivity index (χ1n) is 12.0. The van der Waals surface area contributed by atoms with E-state index in [1.165, 1.54) is 12.1 Å². The van der Waals surface area contributed by atoms with E-state index in [2.05, 4.69) is 10.3 Å². The fraction of sp³-hybridized carbons (Fsp3) is 0.400. The van der Waals surface area contributed by atoms with Crippen LogP contribution in [0, 0.1) is 5.82 Å². The number of nitrogen functional groups attached to an aromatic ring is 1. The average molecular weight is 549 g/mol. The molecule has 2 aromatic heterocycles. The molecule has 196 valence electrons. The number of hydrogen-bond donors (Lipinski definition) is 2. The maximum Gasteiger partial charge on any atom is 0.317 e. The smallest absolute Gasteiger partial charge is 0.317 e. The summed E-state index contributed by atoms with van der Waals surface area (Å²) in [5, 5.41) is 7.81. The van der Waals surface area contributed by atoms with Crippen molar-refractivity contribution >= 4 is 35.1 Å². The molecule has 2 amide bonds. The van der Waals surface area contributed by atoms with Gasteiger partial charge in [0, 0.05) is 41.9 Å². The number of carbonyl (C=O) groups is 1. The zero-order valence-electron chi connectivity index (χ0n) is 20.4. The first kappa shape index (κ1) is 25.6. The van der Waals surface area contributed by atoms with E-state index in [4.69, 9.17) is 43.5 Å². The van der Waals surface area contributed by atoms with Crippen molar-refractivity contribution in [2.24, 2.45) is 0 Å². The van der Waals surface area contributed by atoms with Gasteiger partial charge in [-0.3, -0.25) is 4.68 Å². The van der Waals surface area contributed by atoms with Crippen molar-refractivity contribution in [3.05, 3.63) is 57.6 Å². The normalized spacial score (nSPS) is 19.6. The third kappa shape index (κ3) is 4.69. The number of carbonyl (C=O) groups excluding carboxylic acids is 1. The maximum atomic E-state index is 14.0. The number of fused-ring (bicyclic) bond motifs is 2. The number of urea groups is 1. The number of halogens is 3. The second-order valence-corrected chi connectivity index (χ2v) is 9.90. The Bertz CT molecular complexity index is 1350. The van der Waals surface area contributed by atoms with Gasteiger partial charge >= 0.3 is 6.03 Å². The van der Waals surface area contributed by atoms with Crippen molar-refractivity contribution in [2.75, 3.05) is 32.0 Å². The summed E-state index contributed by atoms with van der Waals surface area (Å²) in [7, 11) is 0. The Morgan fingerprint density at radius 2 is 2.16 bits per heavy atom. The van der Waals surface area contributed by atoms with Gasteiger partial charge < -0.3 is 25.4 Å². The molecule has 0 saturated carbocycles. The fourth-order valence-corrected chi connectivity index (χ4v) is 5.57. The van der Waals surface area contributed by atoms with Gasteiger partial charge in [-0.05, 0) is 38.1 Å². The summed E-state index contributed by atoms with van der Waals surface area (Å²) >= 11 is 12.4. The van der Waals surface area contributed by atoms with Crippen LogP contribution in [-0.4, -0.2) is 51.9 Å². The number of anilines is 1. The predicted molar refractivity (Wildman–Crippen MR) is 138 cm³/mol. The minimum Gasteiger partial charge on any atom is -0.482 e. The first-order chi connectivity index (χ1) is 17.7. The maximum absolute atomic E-state index is 14.0. The van der Waals surface area contributed by atoms with Crippen LogP contribution in [0.2, 0.25) is 10.0 Å². The SMILES string of the molecule is CCNC(=O)N1CC[C@]2(C1)OCCn1nc(-c3cnc(N)c(OC(C)c4c(Cl)ccc(F)c4Cl)c3)cc12. The van der Waals surface area contributed by atoms with Gasteiger partial charge in [-0.25, -0.2) is 14.2 Å².